The van der Waals surface area contributed by atoms with E-state index in [1.54, 1.807) is 0 Å². The number of nitrogens with one attached hydrogen (secondary N) is 1. The number of hydrogen-bond acceptors (Lipinski definition) is 1. The first-order valence-corrected chi connectivity index (χ1v) is 6.60. The molecule has 92 valence electrons. The Morgan fingerprint density at radius 2 is 1.28 bits per heavy atom. The van der Waals surface area contributed by atoms with E-state index in [1.165, 1.54) is 22.5 Å². The molecule has 1 nitrogen and oxygen atoms in total. The molecular weight excluding hydrogens is 218 g/mol. The van der Waals surface area contributed by atoms with Crippen molar-refractivity contribution in [1.29, 1.82) is 0 Å². The van der Waals surface area contributed by atoms with Gasteiger partial charge in [-0.2, -0.15) is 0 Å². The van der Waals surface area contributed by atoms with Crippen LogP contribution < -0.4 is 5.32 Å². The monoisotopic (exact) mass is 237 g/mol. The maximum Gasteiger partial charge on any atom is 0.0426 e. The summed E-state index contributed by atoms with van der Waals surface area (Å²) < 4.78 is 0. The van der Waals surface area contributed by atoms with Crippen LogP contribution in [0, 0.1) is 5.92 Å². The summed E-state index contributed by atoms with van der Waals surface area (Å²) in [5.74, 6) is 0.557. The van der Waals surface area contributed by atoms with Gasteiger partial charge in [0.1, 0.15) is 0 Å². The molecule has 0 fully saturated rings. The molecule has 0 radical (unpaired) electrons. The predicted molar refractivity (Wildman–Crippen MR) is 77.5 cm³/mol. The molecule has 1 aliphatic heterocycles. The zero-order valence-electron chi connectivity index (χ0n) is 11.2. The first-order valence-electron chi connectivity index (χ1n) is 6.60. The standard InChI is InChI=1S/C17H19N/c1-12(2)17(3)13-8-4-6-10-15(13)18-16-11-7-5-9-14(16)17/h4-12,18H,1-3H3. The summed E-state index contributed by atoms with van der Waals surface area (Å²) >= 11 is 0. The highest BCUT2D eigenvalue weighted by atomic mass is 14.9. The van der Waals surface area contributed by atoms with Crippen LogP contribution in [-0.2, 0) is 5.41 Å². The Morgan fingerprint density at radius 3 is 1.72 bits per heavy atom. The van der Waals surface area contributed by atoms with Crippen molar-refractivity contribution in [3.63, 3.8) is 0 Å². The summed E-state index contributed by atoms with van der Waals surface area (Å²) in [4.78, 5) is 0. The molecule has 0 spiro atoms. The van der Waals surface area contributed by atoms with Gasteiger partial charge in [0.25, 0.3) is 0 Å². The lowest BCUT2D eigenvalue weighted by atomic mass is 9.66. The van der Waals surface area contributed by atoms with E-state index in [-0.39, 0.29) is 5.41 Å². The van der Waals surface area contributed by atoms with Crippen molar-refractivity contribution in [2.45, 2.75) is 26.2 Å². The average Bonchev–Trinajstić information content (AvgIpc) is 2.39. The summed E-state index contributed by atoms with van der Waals surface area (Å²) in [7, 11) is 0. The van der Waals surface area contributed by atoms with Crippen molar-refractivity contribution in [1.82, 2.24) is 0 Å². The Hall–Kier alpha value is -1.76. The molecule has 3 rings (SSSR count). The van der Waals surface area contributed by atoms with Gasteiger partial charge in [-0.15, -0.1) is 0 Å². The fraction of sp³-hybridized carbons (Fsp3) is 0.294. The second kappa shape index (κ2) is 3.88. The van der Waals surface area contributed by atoms with Gasteiger partial charge < -0.3 is 5.32 Å². The second-order valence-electron chi connectivity index (χ2n) is 5.57. The minimum atomic E-state index is 0.0818. The van der Waals surface area contributed by atoms with Crippen LogP contribution in [0.5, 0.6) is 0 Å². The maximum atomic E-state index is 3.55. The summed E-state index contributed by atoms with van der Waals surface area (Å²) in [6, 6.07) is 17.3. The first kappa shape index (κ1) is 11.3. The van der Waals surface area contributed by atoms with Crippen LogP contribution >= 0.6 is 0 Å². The molecular formula is C17H19N. The molecule has 0 amide bonds. The zero-order valence-corrected chi connectivity index (χ0v) is 11.2. The highest BCUT2D eigenvalue weighted by molar-refractivity contribution is 5.75. The van der Waals surface area contributed by atoms with Crippen LogP contribution in [0.15, 0.2) is 48.5 Å². The van der Waals surface area contributed by atoms with Gasteiger partial charge in [-0.1, -0.05) is 57.2 Å². The fourth-order valence-electron chi connectivity index (χ4n) is 3.00. The molecule has 0 aliphatic carbocycles. The number of para-hydroxylation sites is 2. The van der Waals surface area contributed by atoms with Crippen LogP contribution in [0.2, 0.25) is 0 Å². The average molecular weight is 237 g/mol. The van der Waals surface area contributed by atoms with Gasteiger partial charge in [-0.25, -0.2) is 0 Å². The lowest BCUT2D eigenvalue weighted by molar-refractivity contribution is 0.404. The second-order valence-corrected chi connectivity index (χ2v) is 5.57. The van der Waals surface area contributed by atoms with E-state index in [0.29, 0.717) is 5.92 Å². The van der Waals surface area contributed by atoms with Gasteiger partial charge in [-0.05, 0) is 29.2 Å². The Bertz CT molecular complexity index is 538. The molecule has 0 unspecified atom stereocenters. The Kier molecular flexibility index (Phi) is 2.44. The highest BCUT2D eigenvalue weighted by Crippen LogP contribution is 2.49. The lowest BCUT2D eigenvalue weighted by Crippen LogP contribution is -2.34. The molecule has 18 heavy (non-hydrogen) atoms. The van der Waals surface area contributed by atoms with Gasteiger partial charge in [-0.3, -0.25) is 0 Å². The zero-order chi connectivity index (χ0) is 12.8. The van der Waals surface area contributed by atoms with Crippen molar-refractivity contribution in [3.8, 4) is 0 Å². The minimum Gasteiger partial charge on any atom is -0.355 e. The molecule has 1 aliphatic rings. The Morgan fingerprint density at radius 1 is 0.833 bits per heavy atom. The van der Waals surface area contributed by atoms with Gasteiger partial charge in [0.05, 0.1) is 0 Å². The smallest absolute Gasteiger partial charge is 0.0426 e. The molecule has 0 saturated heterocycles. The van der Waals surface area contributed by atoms with E-state index in [9.17, 15) is 0 Å². The molecule has 0 bridgehead atoms. The van der Waals surface area contributed by atoms with Crippen molar-refractivity contribution in [2.24, 2.45) is 5.92 Å². The molecule has 0 atom stereocenters. The number of hydrogen-bond donors (Lipinski definition) is 1. The summed E-state index contributed by atoms with van der Waals surface area (Å²) in [5.41, 5.74) is 5.37. The first-order chi connectivity index (χ1) is 8.64. The number of anilines is 2. The predicted octanol–water partition coefficient (Wildman–Crippen LogP) is 4.71. The molecule has 0 saturated carbocycles. The van der Waals surface area contributed by atoms with E-state index >= 15 is 0 Å². The third-order valence-corrected chi connectivity index (χ3v) is 4.40. The third-order valence-electron chi connectivity index (χ3n) is 4.40. The van der Waals surface area contributed by atoms with Crippen molar-refractivity contribution >= 4 is 11.4 Å². The fourth-order valence-corrected chi connectivity index (χ4v) is 3.00. The number of benzene rings is 2. The van der Waals surface area contributed by atoms with Gasteiger partial charge in [0.15, 0.2) is 0 Å². The van der Waals surface area contributed by atoms with Crippen LogP contribution in [0.25, 0.3) is 0 Å². The van der Waals surface area contributed by atoms with Gasteiger partial charge >= 0.3 is 0 Å². The topological polar surface area (TPSA) is 12.0 Å². The number of rotatable bonds is 1. The van der Waals surface area contributed by atoms with E-state index in [2.05, 4.69) is 74.6 Å². The summed E-state index contributed by atoms with van der Waals surface area (Å²) in [6.45, 7) is 6.97. The van der Waals surface area contributed by atoms with Gasteiger partial charge in [0.2, 0.25) is 0 Å². The van der Waals surface area contributed by atoms with Gasteiger partial charge in [0, 0.05) is 16.8 Å². The molecule has 2 aromatic rings. The van der Waals surface area contributed by atoms with Crippen LogP contribution in [0.4, 0.5) is 11.4 Å². The molecule has 0 aromatic heterocycles. The van der Waals surface area contributed by atoms with Crippen molar-refractivity contribution in [3.05, 3.63) is 59.7 Å². The number of fused-ring (bicyclic) bond motifs is 2. The van der Waals surface area contributed by atoms with Crippen LogP contribution in [-0.4, -0.2) is 0 Å². The van der Waals surface area contributed by atoms with E-state index < -0.39 is 0 Å². The normalized spacial score (nSPS) is 15.8. The summed E-state index contributed by atoms with van der Waals surface area (Å²) in [6.07, 6.45) is 0. The lowest BCUT2D eigenvalue weighted by Gasteiger charge is -2.41. The van der Waals surface area contributed by atoms with Crippen molar-refractivity contribution < 1.29 is 0 Å². The molecule has 2 aromatic carbocycles. The van der Waals surface area contributed by atoms with E-state index in [0.717, 1.165) is 0 Å². The largest absolute Gasteiger partial charge is 0.355 e. The minimum absolute atomic E-state index is 0.0818. The van der Waals surface area contributed by atoms with E-state index in [4.69, 9.17) is 0 Å². The SMILES string of the molecule is CC(C)C1(C)c2ccccc2Nc2ccccc21. The molecule has 1 N–H and O–H groups in total. The molecule has 1 heterocycles. The van der Waals surface area contributed by atoms with E-state index in [1.807, 2.05) is 0 Å². The van der Waals surface area contributed by atoms with Crippen LogP contribution in [0.3, 0.4) is 0 Å². The highest BCUT2D eigenvalue weighted by Gasteiger charge is 2.38. The Balaban J connectivity index is 2.31. The van der Waals surface area contributed by atoms with Crippen LogP contribution in [0.1, 0.15) is 31.9 Å². The quantitative estimate of drug-likeness (QED) is 0.757. The summed E-state index contributed by atoms with van der Waals surface area (Å²) in [5, 5.41) is 3.55. The third kappa shape index (κ3) is 1.40. The molecule has 1 heteroatoms. The Labute approximate surface area is 109 Å². The van der Waals surface area contributed by atoms with Crippen molar-refractivity contribution in [2.75, 3.05) is 5.32 Å². The maximum absolute atomic E-state index is 3.55.